The van der Waals surface area contributed by atoms with Crippen molar-refractivity contribution < 1.29 is 19.1 Å². The Bertz CT molecular complexity index is 738. The third-order valence-corrected chi connectivity index (χ3v) is 5.35. The second kappa shape index (κ2) is 10.8. The Morgan fingerprint density at radius 1 is 1.10 bits per heavy atom. The quantitative estimate of drug-likeness (QED) is 0.393. The highest BCUT2D eigenvalue weighted by Crippen LogP contribution is 2.16. The summed E-state index contributed by atoms with van der Waals surface area (Å²) in [6.45, 7) is 4.47. The van der Waals surface area contributed by atoms with Crippen LogP contribution in [0.4, 0.5) is 0 Å². The molecule has 1 unspecified atom stereocenters. The monoisotopic (exact) mass is 417 g/mol. The summed E-state index contributed by atoms with van der Waals surface area (Å²) in [6, 6.07) is 6.99. The minimum atomic E-state index is -0.261. The normalized spacial score (nSPS) is 19.5. The Morgan fingerprint density at radius 3 is 2.37 bits per heavy atom. The van der Waals surface area contributed by atoms with E-state index in [9.17, 15) is 9.59 Å². The van der Waals surface area contributed by atoms with Crippen LogP contribution in [0, 0.1) is 0 Å². The lowest BCUT2D eigenvalue weighted by atomic mass is 10.2. The predicted molar refractivity (Wildman–Crippen MR) is 114 cm³/mol. The van der Waals surface area contributed by atoms with E-state index >= 15 is 0 Å². The Kier molecular flexibility index (Phi) is 7.89. The number of carbonyl (C=O) groups is 2. The predicted octanol–water partition coefficient (Wildman–Crippen LogP) is 0.324. The molecule has 0 aromatic heterocycles. The van der Waals surface area contributed by atoms with E-state index in [1.807, 2.05) is 4.90 Å². The van der Waals surface area contributed by atoms with Crippen molar-refractivity contribution in [2.24, 2.45) is 4.99 Å². The molecule has 3 rings (SSSR count). The second-order valence-electron chi connectivity index (χ2n) is 7.27. The number of aliphatic imine (C=N–C) groups is 1. The van der Waals surface area contributed by atoms with E-state index in [4.69, 9.17) is 9.47 Å². The van der Waals surface area contributed by atoms with Crippen LogP contribution in [0.5, 0.6) is 5.75 Å². The lowest BCUT2D eigenvalue weighted by Crippen LogP contribution is -2.55. The zero-order chi connectivity index (χ0) is 21.3. The van der Waals surface area contributed by atoms with E-state index in [2.05, 4.69) is 20.5 Å². The molecule has 1 aromatic carbocycles. The fraction of sp³-hybridized carbons (Fsp3) is 0.571. The molecule has 0 radical (unpaired) electrons. The number of rotatable bonds is 6. The number of benzene rings is 1. The van der Waals surface area contributed by atoms with Crippen LogP contribution in [-0.4, -0.2) is 93.7 Å². The molecule has 0 spiro atoms. The van der Waals surface area contributed by atoms with Gasteiger partial charge in [0.2, 0.25) is 0 Å². The molecule has 0 aliphatic carbocycles. The molecule has 2 N–H and O–H groups in total. The lowest BCUT2D eigenvalue weighted by Gasteiger charge is -2.37. The highest BCUT2D eigenvalue weighted by molar-refractivity contribution is 5.94. The fourth-order valence-corrected chi connectivity index (χ4v) is 3.64. The van der Waals surface area contributed by atoms with Crippen LogP contribution >= 0.6 is 0 Å². The SMILES string of the molecule is CN=C(NCCNC(=O)c1ccc(OC)cc1)N1CCN(C(=O)C2CCCO2)CC1. The molecule has 2 heterocycles. The smallest absolute Gasteiger partial charge is 0.251 e. The Hall–Kier alpha value is -2.81. The van der Waals surface area contributed by atoms with Crippen molar-refractivity contribution in [2.45, 2.75) is 18.9 Å². The van der Waals surface area contributed by atoms with Gasteiger partial charge in [-0.05, 0) is 37.1 Å². The first kappa shape index (κ1) is 21.9. The Balaban J connectivity index is 1.37. The summed E-state index contributed by atoms with van der Waals surface area (Å²) in [5.74, 6) is 1.47. The van der Waals surface area contributed by atoms with Gasteiger partial charge in [0, 0.05) is 58.5 Å². The van der Waals surface area contributed by atoms with Gasteiger partial charge in [-0.1, -0.05) is 0 Å². The maximum Gasteiger partial charge on any atom is 0.251 e. The van der Waals surface area contributed by atoms with Crippen LogP contribution in [0.2, 0.25) is 0 Å². The maximum absolute atomic E-state index is 12.5. The number of nitrogens with one attached hydrogen (secondary N) is 2. The van der Waals surface area contributed by atoms with Crippen molar-refractivity contribution in [2.75, 3.05) is 60.0 Å². The van der Waals surface area contributed by atoms with Gasteiger partial charge < -0.3 is 29.9 Å². The zero-order valence-corrected chi connectivity index (χ0v) is 17.7. The summed E-state index contributed by atoms with van der Waals surface area (Å²) in [5.41, 5.74) is 0.590. The van der Waals surface area contributed by atoms with Crippen LogP contribution in [0.3, 0.4) is 0 Å². The number of nitrogens with zero attached hydrogens (tertiary/aromatic N) is 3. The van der Waals surface area contributed by atoms with E-state index < -0.39 is 0 Å². The summed E-state index contributed by atoms with van der Waals surface area (Å²) < 4.78 is 10.6. The standard InChI is InChI=1S/C21H31N5O4/c1-22-21(24-10-9-23-19(27)16-5-7-17(29-2)8-6-16)26-13-11-25(12-14-26)20(28)18-4-3-15-30-18/h5-8,18H,3-4,9-15H2,1-2H3,(H,22,24)(H,23,27). The molecule has 1 aromatic rings. The summed E-state index contributed by atoms with van der Waals surface area (Å²) in [6.07, 6.45) is 1.52. The first-order valence-corrected chi connectivity index (χ1v) is 10.4. The summed E-state index contributed by atoms with van der Waals surface area (Å²) in [7, 11) is 3.33. The van der Waals surface area contributed by atoms with Crippen molar-refractivity contribution in [1.29, 1.82) is 0 Å². The molecule has 1 atom stereocenters. The first-order valence-electron chi connectivity index (χ1n) is 10.4. The van der Waals surface area contributed by atoms with Crippen LogP contribution in [0.15, 0.2) is 29.3 Å². The molecule has 2 aliphatic heterocycles. The number of ether oxygens (including phenoxy) is 2. The van der Waals surface area contributed by atoms with Gasteiger partial charge in [-0.2, -0.15) is 0 Å². The Labute approximate surface area is 177 Å². The average Bonchev–Trinajstić information content (AvgIpc) is 3.34. The van der Waals surface area contributed by atoms with Gasteiger partial charge in [-0.15, -0.1) is 0 Å². The van der Waals surface area contributed by atoms with Gasteiger partial charge in [0.05, 0.1) is 7.11 Å². The molecule has 0 bridgehead atoms. The third-order valence-electron chi connectivity index (χ3n) is 5.35. The van der Waals surface area contributed by atoms with E-state index in [1.54, 1.807) is 38.4 Å². The zero-order valence-electron chi connectivity index (χ0n) is 17.7. The number of methoxy groups -OCH3 is 1. The number of amides is 2. The highest BCUT2D eigenvalue weighted by Gasteiger charge is 2.30. The van der Waals surface area contributed by atoms with Crippen molar-refractivity contribution in [1.82, 2.24) is 20.4 Å². The summed E-state index contributed by atoms with van der Waals surface area (Å²) in [5, 5.41) is 6.17. The van der Waals surface area contributed by atoms with Gasteiger partial charge in [0.25, 0.3) is 11.8 Å². The van der Waals surface area contributed by atoms with Gasteiger partial charge in [-0.3, -0.25) is 14.6 Å². The molecule has 2 saturated heterocycles. The fourth-order valence-electron chi connectivity index (χ4n) is 3.64. The molecular weight excluding hydrogens is 386 g/mol. The number of hydrogen-bond acceptors (Lipinski definition) is 5. The van der Waals surface area contributed by atoms with Crippen LogP contribution < -0.4 is 15.4 Å². The van der Waals surface area contributed by atoms with Crippen LogP contribution in [-0.2, 0) is 9.53 Å². The minimum absolute atomic E-state index is 0.108. The van der Waals surface area contributed by atoms with Gasteiger partial charge in [-0.25, -0.2) is 0 Å². The van der Waals surface area contributed by atoms with Gasteiger partial charge in [0.15, 0.2) is 5.96 Å². The molecular formula is C21H31N5O4. The average molecular weight is 418 g/mol. The van der Waals surface area contributed by atoms with Crippen molar-refractivity contribution in [3.63, 3.8) is 0 Å². The minimum Gasteiger partial charge on any atom is -0.497 e. The number of guanidine groups is 1. The molecule has 2 amide bonds. The number of hydrogen-bond donors (Lipinski definition) is 2. The molecule has 9 heteroatoms. The summed E-state index contributed by atoms with van der Waals surface area (Å²) >= 11 is 0. The number of carbonyl (C=O) groups excluding carboxylic acids is 2. The molecule has 164 valence electrons. The Morgan fingerprint density at radius 2 is 1.77 bits per heavy atom. The van der Waals surface area contributed by atoms with Crippen LogP contribution in [0.25, 0.3) is 0 Å². The topological polar surface area (TPSA) is 95.5 Å². The highest BCUT2D eigenvalue weighted by atomic mass is 16.5. The largest absolute Gasteiger partial charge is 0.497 e. The molecule has 30 heavy (non-hydrogen) atoms. The molecule has 2 fully saturated rings. The first-order chi connectivity index (χ1) is 14.6. The van der Waals surface area contributed by atoms with E-state index in [0.29, 0.717) is 38.3 Å². The van der Waals surface area contributed by atoms with E-state index in [-0.39, 0.29) is 17.9 Å². The number of piperazine rings is 1. The van der Waals surface area contributed by atoms with Crippen molar-refractivity contribution in [3.05, 3.63) is 29.8 Å². The molecule has 9 nitrogen and oxygen atoms in total. The third kappa shape index (κ3) is 5.63. The van der Waals surface area contributed by atoms with Gasteiger partial charge in [0.1, 0.15) is 11.9 Å². The van der Waals surface area contributed by atoms with Gasteiger partial charge >= 0.3 is 0 Å². The lowest BCUT2D eigenvalue weighted by molar-refractivity contribution is -0.142. The molecule has 2 aliphatic rings. The molecule has 0 saturated carbocycles. The van der Waals surface area contributed by atoms with Crippen molar-refractivity contribution >= 4 is 17.8 Å². The summed E-state index contributed by atoms with van der Waals surface area (Å²) in [4.78, 5) is 33.0. The van der Waals surface area contributed by atoms with E-state index in [1.165, 1.54) is 0 Å². The van der Waals surface area contributed by atoms with Crippen molar-refractivity contribution in [3.8, 4) is 5.75 Å². The van der Waals surface area contributed by atoms with Crippen LogP contribution in [0.1, 0.15) is 23.2 Å². The second-order valence-corrected chi connectivity index (χ2v) is 7.27. The van der Waals surface area contributed by atoms with E-state index in [0.717, 1.165) is 37.6 Å². The maximum atomic E-state index is 12.5.